The summed E-state index contributed by atoms with van der Waals surface area (Å²) in [5, 5.41) is 5.90. The molecule has 6 nitrogen and oxygen atoms in total. The number of nitrogens with zero attached hydrogens (tertiary/aromatic N) is 1. The van der Waals surface area contributed by atoms with Gasteiger partial charge in [0.15, 0.2) is 0 Å². The fourth-order valence-electron chi connectivity index (χ4n) is 3.44. The molecule has 28 heavy (non-hydrogen) atoms. The molecule has 2 aromatic carbocycles. The number of hydrogen-bond donors (Lipinski definition) is 2. The number of anilines is 1. The van der Waals surface area contributed by atoms with Gasteiger partial charge in [-0.25, -0.2) is 4.79 Å². The molecule has 3 rings (SSSR count). The van der Waals surface area contributed by atoms with Crippen molar-refractivity contribution in [3.63, 3.8) is 0 Å². The lowest BCUT2D eigenvalue weighted by Crippen LogP contribution is -2.49. The van der Waals surface area contributed by atoms with Gasteiger partial charge in [-0.05, 0) is 50.5 Å². The zero-order chi connectivity index (χ0) is 20.1. The van der Waals surface area contributed by atoms with E-state index in [1.165, 1.54) is 0 Å². The van der Waals surface area contributed by atoms with E-state index in [0.29, 0.717) is 13.0 Å². The second-order valence-corrected chi connectivity index (χ2v) is 7.22. The third-order valence-electron chi connectivity index (χ3n) is 4.81. The van der Waals surface area contributed by atoms with Crippen LogP contribution in [0.3, 0.4) is 0 Å². The SMILES string of the molecule is COc1ccc(-c2ccccc2NC(=O)[C@@H]2CCCN2C(=O)NC(C)C)cc1. The van der Waals surface area contributed by atoms with Crippen LogP contribution in [0.2, 0.25) is 0 Å². The first-order chi connectivity index (χ1) is 13.5. The summed E-state index contributed by atoms with van der Waals surface area (Å²) in [5.74, 6) is 0.625. The molecule has 2 aromatic rings. The van der Waals surface area contributed by atoms with Crippen LogP contribution in [-0.4, -0.2) is 42.6 Å². The summed E-state index contributed by atoms with van der Waals surface area (Å²) in [6.07, 6.45) is 1.49. The molecule has 2 N–H and O–H groups in total. The van der Waals surface area contributed by atoms with Gasteiger partial charge in [0.1, 0.15) is 11.8 Å². The standard InChI is InChI=1S/C22H27N3O3/c1-15(2)23-22(27)25-14-6-9-20(25)21(26)24-19-8-5-4-7-18(19)16-10-12-17(28-3)13-11-16/h4-5,7-8,10-13,15,20H,6,9,14H2,1-3H3,(H,23,27)(H,24,26)/t20-/m0/s1. The molecule has 0 radical (unpaired) electrons. The molecule has 3 amide bonds. The number of rotatable bonds is 5. The lowest BCUT2D eigenvalue weighted by molar-refractivity contribution is -0.119. The van der Waals surface area contributed by atoms with Gasteiger partial charge in [-0.3, -0.25) is 4.79 Å². The Balaban J connectivity index is 1.78. The van der Waals surface area contributed by atoms with Crippen molar-refractivity contribution >= 4 is 17.6 Å². The minimum Gasteiger partial charge on any atom is -0.497 e. The van der Waals surface area contributed by atoms with Gasteiger partial charge in [-0.2, -0.15) is 0 Å². The lowest BCUT2D eigenvalue weighted by atomic mass is 10.0. The second kappa shape index (κ2) is 8.78. The lowest BCUT2D eigenvalue weighted by Gasteiger charge is -2.25. The number of amides is 3. The van der Waals surface area contributed by atoms with Crippen molar-refractivity contribution in [3.05, 3.63) is 48.5 Å². The third-order valence-corrected chi connectivity index (χ3v) is 4.81. The van der Waals surface area contributed by atoms with Gasteiger partial charge in [0.05, 0.1) is 7.11 Å². The van der Waals surface area contributed by atoms with Crippen LogP contribution in [0.4, 0.5) is 10.5 Å². The van der Waals surface area contributed by atoms with E-state index in [1.54, 1.807) is 12.0 Å². The molecule has 1 aliphatic rings. The van der Waals surface area contributed by atoms with Crippen molar-refractivity contribution in [1.29, 1.82) is 0 Å². The van der Waals surface area contributed by atoms with Gasteiger partial charge in [-0.15, -0.1) is 0 Å². The molecule has 0 aliphatic carbocycles. The monoisotopic (exact) mass is 381 g/mol. The number of carbonyl (C=O) groups excluding carboxylic acids is 2. The molecule has 1 atom stereocenters. The Bertz CT molecular complexity index is 833. The predicted molar refractivity (Wildman–Crippen MR) is 110 cm³/mol. The van der Waals surface area contributed by atoms with Gasteiger partial charge in [-0.1, -0.05) is 30.3 Å². The molecule has 0 bridgehead atoms. The number of nitrogens with one attached hydrogen (secondary N) is 2. The molecule has 1 saturated heterocycles. The normalized spacial score (nSPS) is 16.1. The number of hydrogen-bond acceptors (Lipinski definition) is 3. The van der Waals surface area contributed by atoms with E-state index in [2.05, 4.69) is 10.6 Å². The molecule has 0 saturated carbocycles. The van der Waals surface area contributed by atoms with Gasteiger partial charge in [0.25, 0.3) is 0 Å². The highest BCUT2D eigenvalue weighted by molar-refractivity contribution is 6.00. The molecule has 148 valence electrons. The number of likely N-dealkylation sites (tertiary alicyclic amines) is 1. The summed E-state index contributed by atoms with van der Waals surface area (Å²) in [4.78, 5) is 27.0. The van der Waals surface area contributed by atoms with Crippen molar-refractivity contribution in [2.45, 2.75) is 38.8 Å². The van der Waals surface area contributed by atoms with E-state index in [1.807, 2.05) is 62.4 Å². The summed E-state index contributed by atoms with van der Waals surface area (Å²) in [6.45, 7) is 4.42. The van der Waals surface area contributed by atoms with Gasteiger partial charge in [0.2, 0.25) is 5.91 Å². The van der Waals surface area contributed by atoms with Crippen molar-refractivity contribution in [2.75, 3.05) is 19.0 Å². The highest BCUT2D eigenvalue weighted by atomic mass is 16.5. The van der Waals surface area contributed by atoms with E-state index < -0.39 is 6.04 Å². The van der Waals surface area contributed by atoms with Crippen LogP contribution < -0.4 is 15.4 Å². The summed E-state index contributed by atoms with van der Waals surface area (Å²) in [5.41, 5.74) is 2.64. The van der Waals surface area contributed by atoms with Crippen LogP contribution in [0.25, 0.3) is 11.1 Å². The minimum absolute atomic E-state index is 0.0348. The Morgan fingerprint density at radius 1 is 1.11 bits per heavy atom. The quantitative estimate of drug-likeness (QED) is 0.826. The van der Waals surface area contributed by atoms with E-state index in [0.717, 1.165) is 29.0 Å². The van der Waals surface area contributed by atoms with Crippen molar-refractivity contribution in [1.82, 2.24) is 10.2 Å². The van der Waals surface area contributed by atoms with Crippen LogP contribution in [0.15, 0.2) is 48.5 Å². The molecule has 1 aliphatic heterocycles. The van der Waals surface area contributed by atoms with E-state index >= 15 is 0 Å². The van der Waals surface area contributed by atoms with Crippen LogP contribution in [0.5, 0.6) is 5.75 Å². The van der Waals surface area contributed by atoms with Crippen LogP contribution in [0.1, 0.15) is 26.7 Å². The zero-order valence-corrected chi connectivity index (χ0v) is 16.6. The van der Waals surface area contributed by atoms with Crippen LogP contribution in [0, 0.1) is 0 Å². The Labute approximate surface area is 165 Å². The van der Waals surface area contributed by atoms with E-state index in [4.69, 9.17) is 4.74 Å². The molecule has 0 unspecified atom stereocenters. The van der Waals surface area contributed by atoms with Crippen molar-refractivity contribution in [3.8, 4) is 16.9 Å². The number of urea groups is 1. The first-order valence-electron chi connectivity index (χ1n) is 9.61. The largest absolute Gasteiger partial charge is 0.497 e. The summed E-state index contributed by atoms with van der Waals surface area (Å²) in [7, 11) is 1.63. The molecule has 1 heterocycles. The van der Waals surface area contributed by atoms with Crippen LogP contribution >= 0.6 is 0 Å². The molecule has 1 fully saturated rings. The third kappa shape index (κ3) is 4.44. The highest BCUT2D eigenvalue weighted by Gasteiger charge is 2.34. The summed E-state index contributed by atoms with van der Waals surface area (Å²) in [6, 6.07) is 14.8. The average Bonchev–Trinajstić information content (AvgIpc) is 3.18. The predicted octanol–water partition coefficient (Wildman–Crippen LogP) is 3.88. The molecule has 0 aromatic heterocycles. The Kier molecular flexibility index (Phi) is 6.19. The first kappa shape index (κ1) is 19.7. The topological polar surface area (TPSA) is 70.7 Å². The van der Waals surface area contributed by atoms with Gasteiger partial charge >= 0.3 is 6.03 Å². The Morgan fingerprint density at radius 2 is 1.82 bits per heavy atom. The Hall–Kier alpha value is -3.02. The molecular weight excluding hydrogens is 354 g/mol. The number of carbonyl (C=O) groups is 2. The number of ether oxygens (including phenoxy) is 1. The first-order valence-corrected chi connectivity index (χ1v) is 9.61. The number of methoxy groups -OCH3 is 1. The molecule has 6 heteroatoms. The van der Waals surface area contributed by atoms with Crippen LogP contribution in [-0.2, 0) is 4.79 Å². The summed E-state index contributed by atoms with van der Waals surface area (Å²) < 4.78 is 5.22. The smallest absolute Gasteiger partial charge is 0.318 e. The molecular formula is C22H27N3O3. The minimum atomic E-state index is -0.456. The maximum Gasteiger partial charge on any atom is 0.318 e. The zero-order valence-electron chi connectivity index (χ0n) is 16.6. The van der Waals surface area contributed by atoms with Gasteiger partial charge in [0, 0.05) is 23.8 Å². The van der Waals surface area contributed by atoms with E-state index in [9.17, 15) is 9.59 Å². The Morgan fingerprint density at radius 3 is 2.50 bits per heavy atom. The maximum atomic E-state index is 12.9. The van der Waals surface area contributed by atoms with Crippen molar-refractivity contribution in [2.24, 2.45) is 0 Å². The fraction of sp³-hybridized carbons (Fsp3) is 0.364. The number of benzene rings is 2. The average molecular weight is 381 g/mol. The summed E-state index contributed by atoms with van der Waals surface area (Å²) >= 11 is 0. The van der Waals surface area contributed by atoms with Crippen molar-refractivity contribution < 1.29 is 14.3 Å². The van der Waals surface area contributed by atoms with Gasteiger partial charge < -0.3 is 20.3 Å². The van der Waals surface area contributed by atoms with E-state index in [-0.39, 0.29) is 18.0 Å². The maximum absolute atomic E-state index is 12.9. The number of para-hydroxylation sites is 1. The second-order valence-electron chi connectivity index (χ2n) is 7.22. The highest BCUT2D eigenvalue weighted by Crippen LogP contribution is 2.30. The molecule has 0 spiro atoms. The fourth-order valence-corrected chi connectivity index (χ4v) is 3.44.